The average Bonchev–Trinajstić information content (AvgIpc) is 2.34. The molecule has 0 aliphatic carbocycles. The van der Waals surface area contributed by atoms with E-state index in [4.69, 9.17) is 11.6 Å². The van der Waals surface area contributed by atoms with Gasteiger partial charge in [0, 0.05) is 24.0 Å². The number of alkyl halides is 1. The molecule has 0 unspecified atom stereocenters. The van der Waals surface area contributed by atoms with Crippen LogP contribution >= 0.6 is 22.9 Å². The summed E-state index contributed by atoms with van der Waals surface area (Å²) in [4.78, 5) is 4.00. The molecule has 4 heteroatoms. The van der Waals surface area contributed by atoms with Crippen LogP contribution in [0.3, 0.4) is 0 Å². The monoisotopic (exact) mass is 162 g/mol. The van der Waals surface area contributed by atoms with Gasteiger partial charge in [0.05, 0.1) is 0 Å². The van der Waals surface area contributed by atoms with Crippen LogP contribution in [-0.2, 0) is 0 Å². The van der Waals surface area contributed by atoms with Crippen molar-refractivity contribution in [1.29, 1.82) is 0 Å². The Morgan fingerprint density at radius 1 is 1.78 bits per heavy atom. The molecule has 0 amide bonds. The van der Waals surface area contributed by atoms with E-state index < -0.39 is 0 Å². The lowest BCUT2D eigenvalue weighted by Gasteiger charge is -1.94. The van der Waals surface area contributed by atoms with Gasteiger partial charge in [0.1, 0.15) is 0 Å². The molecule has 50 valence electrons. The zero-order chi connectivity index (χ0) is 6.53. The maximum atomic E-state index is 5.43. The molecule has 0 aromatic carbocycles. The van der Waals surface area contributed by atoms with Crippen molar-refractivity contribution in [2.75, 3.05) is 17.7 Å². The number of rotatable bonds is 3. The number of aromatic nitrogens is 1. The molecule has 1 heterocycles. The minimum Gasteiger partial charge on any atom is -0.360 e. The van der Waals surface area contributed by atoms with E-state index in [1.54, 1.807) is 17.5 Å². The molecule has 0 radical (unpaired) electrons. The zero-order valence-electron chi connectivity index (χ0n) is 4.80. The van der Waals surface area contributed by atoms with Gasteiger partial charge in [-0.2, -0.15) is 0 Å². The van der Waals surface area contributed by atoms with E-state index in [1.807, 2.05) is 5.38 Å². The Kier molecular flexibility index (Phi) is 2.80. The fraction of sp³-hybridized carbons (Fsp3) is 0.400. The smallest absolute Gasteiger partial charge is 0.182 e. The van der Waals surface area contributed by atoms with E-state index in [2.05, 4.69) is 10.3 Å². The maximum absolute atomic E-state index is 5.43. The lowest BCUT2D eigenvalue weighted by Crippen LogP contribution is -2.00. The van der Waals surface area contributed by atoms with Crippen molar-refractivity contribution in [3.8, 4) is 0 Å². The third-order valence-electron chi connectivity index (χ3n) is 0.803. The van der Waals surface area contributed by atoms with E-state index in [-0.39, 0.29) is 0 Å². The third kappa shape index (κ3) is 2.20. The van der Waals surface area contributed by atoms with Gasteiger partial charge in [-0.1, -0.05) is 0 Å². The summed E-state index contributed by atoms with van der Waals surface area (Å²) in [6.07, 6.45) is 1.77. The second kappa shape index (κ2) is 3.69. The minimum absolute atomic E-state index is 0.625. The highest BCUT2D eigenvalue weighted by molar-refractivity contribution is 7.13. The second-order valence-electron chi connectivity index (χ2n) is 1.45. The summed E-state index contributed by atoms with van der Waals surface area (Å²) in [6.45, 7) is 0.787. The van der Waals surface area contributed by atoms with Crippen molar-refractivity contribution in [3.63, 3.8) is 0 Å². The van der Waals surface area contributed by atoms with Gasteiger partial charge in [-0.3, -0.25) is 0 Å². The van der Waals surface area contributed by atoms with Gasteiger partial charge in [-0.05, 0) is 0 Å². The summed E-state index contributed by atoms with van der Waals surface area (Å²) in [5.41, 5.74) is 0. The van der Waals surface area contributed by atoms with E-state index in [9.17, 15) is 0 Å². The number of anilines is 1. The van der Waals surface area contributed by atoms with Crippen LogP contribution in [0, 0.1) is 0 Å². The van der Waals surface area contributed by atoms with E-state index in [1.165, 1.54) is 0 Å². The van der Waals surface area contributed by atoms with Crippen LogP contribution in [0.2, 0.25) is 0 Å². The Morgan fingerprint density at radius 3 is 3.22 bits per heavy atom. The Hall–Kier alpha value is -0.280. The molecule has 0 saturated heterocycles. The molecule has 2 nitrogen and oxygen atoms in total. The Balaban J connectivity index is 2.30. The molecule has 1 rings (SSSR count). The van der Waals surface area contributed by atoms with Crippen molar-refractivity contribution >= 4 is 28.1 Å². The highest BCUT2D eigenvalue weighted by Crippen LogP contribution is 2.08. The summed E-state index contributed by atoms with van der Waals surface area (Å²) >= 11 is 7.01. The van der Waals surface area contributed by atoms with Crippen molar-refractivity contribution in [1.82, 2.24) is 4.98 Å². The van der Waals surface area contributed by atoms with E-state index in [0.29, 0.717) is 5.88 Å². The summed E-state index contributed by atoms with van der Waals surface area (Å²) in [7, 11) is 0. The first-order valence-corrected chi connectivity index (χ1v) is 4.04. The average molecular weight is 163 g/mol. The topological polar surface area (TPSA) is 24.9 Å². The summed E-state index contributed by atoms with van der Waals surface area (Å²) in [6, 6.07) is 0. The largest absolute Gasteiger partial charge is 0.360 e. The molecular formula is C5H7ClN2S. The van der Waals surface area contributed by atoms with Gasteiger partial charge >= 0.3 is 0 Å². The molecule has 0 saturated carbocycles. The maximum Gasteiger partial charge on any atom is 0.182 e. The predicted molar refractivity (Wildman–Crippen MR) is 41.3 cm³/mol. The van der Waals surface area contributed by atoms with Crippen LogP contribution in [0.1, 0.15) is 0 Å². The standard InChI is InChI=1S/C5H7ClN2S/c6-1-2-7-5-8-3-4-9-5/h3-4H,1-2H2,(H,7,8). The molecule has 0 spiro atoms. The van der Waals surface area contributed by atoms with Gasteiger partial charge < -0.3 is 5.32 Å². The Bertz CT molecular complexity index is 152. The van der Waals surface area contributed by atoms with Crippen molar-refractivity contribution in [2.24, 2.45) is 0 Å². The van der Waals surface area contributed by atoms with Crippen molar-refractivity contribution in [3.05, 3.63) is 11.6 Å². The molecular weight excluding hydrogens is 156 g/mol. The number of thiazole rings is 1. The number of nitrogens with zero attached hydrogens (tertiary/aromatic N) is 1. The molecule has 1 aromatic rings. The number of hydrogen-bond acceptors (Lipinski definition) is 3. The lowest BCUT2D eigenvalue weighted by molar-refractivity contribution is 1.20. The predicted octanol–water partition coefficient (Wildman–Crippen LogP) is 1.79. The van der Waals surface area contributed by atoms with E-state index >= 15 is 0 Å². The summed E-state index contributed by atoms with van der Waals surface area (Å²) < 4.78 is 0. The van der Waals surface area contributed by atoms with Crippen LogP contribution in [-0.4, -0.2) is 17.4 Å². The first-order valence-electron chi connectivity index (χ1n) is 2.63. The number of hydrogen-bond donors (Lipinski definition) is 1. The molecule has 0 aliphatic rings. The van der Waals surface area contributed by atoms with Gasteiger partial charge in [-0.25, -0.2) is 4.98 Å². The summed E-state index contributed by atoms with van der Waals surface area (Å²) in [5.74, 6) is 0.625. The normalized spacial score (nSPS) is 9.44. The van der Waals surface area contributed by atoms with Crippen LogP contribution < -0.4 is 5.32 Å². The Morgan fingerprint density at radius 2 is 2.67 bits per heavy atom. The second-order valence-corrected chi connectivity index (χ2v) is 2.73. The van der Waals surface area contributed by atoms with Crippen molar-refractivity contribution < 1.29 is 0 Å². The number of halogens is 1. The molecule has 1 N–H and O–H groups in total. The molecule has 0 fully saturated rings. The van der Waals surface area contributed by atoms with Crippen LogP contribution in [0.4, 0.5) is 5.13 Å². The minimum atomic E-state index is 0.625. The van der Waals surface area contributed by atoms with Crippen LogP contribution in [0.25, 0.3) is 0 Å². The van der Waals surface area contributed by atoms with Gasteiger partial charge in [-0.15, -0.1) is 22.9 Å². The van der Waals surface area contributed by atoms with E-state index in [0.717, 1.165) is 11.7 Å². The van der Waals surface area contributed by atoms with Gasteiger partial charge in [0.15, 0.2) is 5.13 Å². The molecule has 0 bridgehead atoms. The highest BCUT2D eigenvalue weighted by Gasteiger charge is 1.89. The van der Waals surface area contributed by atoms with Crippen molar-refractivity contribution in [2.45, 2.75) is 0 Å². The number of nitrogens with one attached hydrogen (secondary N) is 1. The zero-order valence-corrected chi connectivity index (χ0v) is 6.37. The van der Waals surface area contributed by atoms with Crippen LogP contribution in [0.5, 0.6) is 0 Å². The van der Waals surface area contributed by atoms with Crippen LogP contribution in [0.15, 0.2) is 11.6 Å². The van der Waals surface area contributed by atoms with Gasteiger partial charge in [0.2, 0.25) is 0 Å². The third-order valence-corrected chi connectivity index (χ3v) is 1.72. The Labute approximate surface area is 62.9 Å². The highest BCUT2D eigenvalue weighted by atomic mass is 35.5. The fourth-order valence-electron chi connectivity index (χ4n) is 0.465. The fourth-order valence-corrected chi connectivity index (χ4v) is 1.12. The molecule has 1 aromatic heterocycles. The lowest BCUT2D eigenvalue weighted by atomic mass is 10.7. The molecule has 0 atom stereocenters. The molecule has 9 heavy (non-hydrogen) atoms. The quantitative estimate of drug-likeness (QED) is 0.686. The first-order chi connectivity index (χ1) is 4.43. The first kappa shape index (κ1) is 6.83. The SMILES string of the molecule is ClCCNc1nccs1. The molecule has 0 aliphatic heterocycles. The summed E-state index contributed by atoms with van der Waals surface area (Å²) in [5, 5.41) is 5.92. The van der Waals surface area contributed by atoms with Gasteiger partial charge in [0.25, 0.3) is 0 Å².